The second-order valence-electron chi connectivity index (χ2n) is 3.49. The monoisotopic (exact) mass is 258 g/mol. The number of hydrogen-bond acceptors (Lipinski definition) is 4. The van der Waals surface area contributed by atoms with Crippen LogP contribution in [0.25, 0.3) is 0 Å². The number of nitrogens with zero attached hydrogens (tertiary/aromatic N) is 2. The van der Waals surface area contributed by atoms with E-state index in [1.807, 2.05) is 6.07 Å². The van der Waals surface area contributed by atoms with Crippen molar-refractivity contribution in [2.24, 2.45) is 0 Å². The molecule has 5 nitrogen and oxygen atoms in total. The maximum Gasteiger partial charge on any atom is 0.342 e. The summed E-state index contributed by atoms with van der Waals surface area (Å²) in [5.41, 5.74) is -0.472. The molecule has 0 fully saturated rings. The third-order valence-electron chi connectivity index (χ3n) is 2.29. The van der Waals surface area contributed by atoms with Crippen LogP contribution in [0.3, 0.4) is 0 Å². The number of rotatable bonds is 3. The van der Waals surface area contributed by atoms with Gasteiger partial charge in [-0.15, -0.1) is 0 Å². The van der Waals surface area contributed by atoms with Crippen molar-refractivity contribution in [3.8, 4) is 17.7 Å². The van der Waals surface area contributed by atoms with Crippen molar-refractivity contribution in [2.75, 3.05) is 0 Å². The van der Waals surface area contributed by atoms with E-state index in [4.69, 9.17) is 15.1 Å². The van der Waals surface area contributed by atoms with Crippen molar-refractivity contribution < 1.29 is 19.0 Å². The van der Waals surface area contributed by atoms with Crippen LogP contribution in [0, 0.1) is 17.1 Å². The standard InChI is InChI=1S/C13H7FN2O3/c14-9-4-1-5-10(11(9)13(17)18)19-12-8(7-15)3-2-6-16-12/h1-6H,(H,17,18). The number of ether oxygens (including phenoxy) is 1. The molecular weight excluding hydrogens is 251 g/mol. The van der Waals surface area contributed by atoms with Gasteiger partial charge >= 0.3 is 5.97 Å². The first-order valence-electron chi connectivity index (χ1n) is 5.18. The third kappa shape index (κ3) is 2.50. The molecule has 0 amide bonds. The first-order valence-corrected chi connectivity index (χ1v) is 5.18. The van der Waals surface area contributed by atoms with E-state index in [2.05, 4.69) is 4.98 Å². The number of carboxylic acids is 1. The first-order chi connectivity index (χ1) is 9.13. The molecule has 0 bridgehead atoms. The minimum Gasteiger partial charge on any atom is -0.477 e. The zero-order valence-corrected chi connectivity index (χ0v) is 9.50. The van der Waals surface area contributed by atoms with Crippen LogP contribution in [0.15, 0.2) is 36.5 Å². The number of pyridine rings is 1. The number of carboxylic acid groups (broad SMARTS) is 1. The lowest BCUT2D eigenvalue weighted by Crippen LogP contribution is -2.04. The molecule has 0 unspecified atom stereocenters. The molecule has 94 valence electrons. The molecule has 0 saturated carbocycles. The molecule has 0 saturated heterocycles. The van der Waals surface area contributed by atoms with Crippen LogP contribution in [-0.4, -0.2) is 16.1 Å². The van der Waals surface area contributed by atoms with Gasteiger partial charge in [0.2, 0.25) is 5.88 Å². The highest BCUT2D eigenvalue weighted by atomic mass is 19.1. The largest absolute Gasteiger partial charge is 0.477 e. The fourth-order valence-electron chi connectivity index (χ4n) is 1.46. The summed E-state index contributed by atoms with van der Waals surface area (Å²) in [6, 6.07) is 8.47. The van der Waals surface area contributed by atoms with Crippen LogP contribution in [0.2, 0.25) is 0 Å². The normalized spacial score (nSPS) is 9.68. The lowest BCUT2D eigenvalue weighted by atomic mass is 10.2. The molecule has 1 N–H and O–H groups in total. The topological polar surface area (TPSA) is 83.2 Å². The van der Waals surface area contributed by atoms with Crippen molar-refractivity contribution in [3.05, 3.63) is 53.5 Å². The van der Waals surface area contributed by atoms with Crippen LogP contribution >= 0.6 is 0 Å². The van der Waals surface area contributed by atoms with E-state index < -0.39 is 17.3 Å². The van der Waals surface area contributed by atoms with Gasteiger partial charge in [0, 0.05) is 6.20 Å². The summed E-state index contributed by atoms with van der Waals surface area (Å²) in [5, 5.41) is 17.8. The highest BCUT2D eigenvalue weighted by Gasteiger charge is 2.18. The average molecular weight is 258 g/mol. The molecule has 19 heavy (non-hydrogen) atoms. The molecule has 0 radical (unpaired) electrons. The van der Waals surface area contributed by atoms with Gasteiger partial charge in [0.05, 0.1) is 0 Å². The summed E-state index contributed by atoms with van der Waals surface area (Å²) in [6.45, 7) is 0. The number of halogens is 1. The van der Waals surface area contributed by atoms with Crippen molar-refractivity contribution >= 4 is 5.97 Å². The highest BCUT2D eigenvalue weighted by molar-refractivity contribution is 5.91. The van der Waals surface area contributed by atoms with Crippen LogP contribution in [0.5, 0.6) is 11.6 Å². The Balaban J connectivity index is 2.48. The summed E-state index contributed by atoms with van der Waals surface area (Å²) < 4.78 is 18.7. The molecule has 0 aliphatic heterocycles. The molecule has 1 aromatic heterocycles. The van der Waals surface area contributed by atoms with E-state index in [1.54, 1.807) is 0 Å². The molecule has 6 heteroatoms. The van der Waals surface area contributed by atoms with Gasteiger partial charge in [-0.2, -0.15) is 5.26 Å². The maximum atomic E-state index is 13.4. The Morgan fingerprint density at radius 1 is 1.37 bits per heavy atom. The minimum absolute atomic E-state index is 0.0712. The molecule has 2 rings (SSSR count). The molecule has 2 aromatic rings. The first kappa shape index (κ1) is 12.5. The van der Waals surface area contributed by atoms with Gasteiger partial charge in [-0.05, 0) is 24.3 Å². The van der Waals surface area contributed by atoms with Crippen LogP contribution < -0.4 is 4.74 Å². The fourth-order valence-corrected chi connectivity index (χ4v) is 1.46. The van der Waals surface area contributed by atoms with Crippen LogP contribution in [0.1, 0.15) is 15.9 Å². The molecule has 0 aliphatic rings. The molecule has 0 aliphatic carbocycles. The van der Waals surface area contributed by atoms with Gasteiger partial charge in [-0.1, -0.05) is 6.07 Å². The molecule has 0 spiro atoms. The zero-order valence-electron chi connectivity index (χ0n) is 9.50. The minimum atomic E-state index is -1.46. The highest BCUT2D eigenvalue weighted by Crippen LogP contribution is 2.27. The zero-order chi connectivity index (χ0) is 13.8. The number of nitriles is 1. The van der Waals surface area contributed by atoms with Gasteiger partial charge in [0.1, 0.15) is 28.8 Å². The Morgan fingerprint density at radius 2 is 2.16 bits per heavy atom. The van der Waals surface area contributed by atoms with Gasteiger partial charge in [-0.25, -0.2) is 14.2 Å². The van der Waals surface area contributed by atoms with Gasteiger partial charge < -0.3 is 9.84 Å². The number of aromatic carboxylic acids is 1. The van der Waals surface area contributed by atoms with Crippen molar-refractivity contribution in [1.82, 2.24) is 4.98 Å². The SMILES string of the molecule is N#Cc1cccnc1Oc1cccc(F)c1C(=O)O. The van der Waals surface area contributed by atoms with E-state index in [9.17, 15) is 9.18 Å². The molecule has 0 atom stereocenters. The van der Waals surface area contributed by atoms with E-state index in [0.29, 0.717) is 0 Å². The number of aromatic nitrogens is 1. The number of carbonyl (C=O) groups is 1. The number of hydrogen-bond donors (Lipinski definition) is 1. The third-order valence-corrected chi connectivity index (χ3v) is 2.29. The Labute approximate surface area is 107 Å². The van der Waals surface area contributed by atoms with Crippen LogP contribution in [0.4, 0.5) is 4.39 Å². The summed E-state index contributed by atoms with van der Waals surface area (Å²) >= 11 is 0. The predicted molar refractivity (Wildman–Crippen MR) is 62.4 cm³/mol. The maximum absolute atomic E-state index is 13.4. The van der Waals surface area contributed by atoms with Crippen molar-refractivity contribution in [3.63, 3.8) is 0 Å². The molecule has 1 aromatic carbocycles. The Bertz CT molecular complexity index is 680. The summed E-state index contributed by atoms with van der Waals surface area (Å²) in [6.07, 6.45) is 1.38. The lowest BCUT2D eigenvalue weighted by molar-refractivity contribution is 0.0689. The second-order valence-corrected chi connectivity index (χ2v) is 3.49. The van der Waals surface area contributed by atoms with Crippen molar-refractivity contribution in [1.29, 1.82) is 5.26 Å². The Hall–Kier alpha value is -2.94. The van der Waals surface area contributed by atoms with Gasteiger partial charge in [0.15, 0.2) is 0 Å². The van der Waals surface area contributed by atoms with Gasteiger partial charge in [0.25, 0.3) is 0 Å². The Morgan fingerprint density at radius 3 is 2.84 bits per heavy atom. The molecular formula is C13H7FN2O3. The fraction of sp³-hybridized carbons (Fsp3) is 0. The van der Waals surface area contributed by atoms with E-state index in [-0.39, 0.29) is 17.2 Å². The average Bonchev–Trinajstić information content (AvgIpc) is 2.39. The van der Waals surface area contributed by atoms with E-state index in [0.717, 1.165) is 6.07 Å². The van der Waals surface area contributed by atoms with Gasteiger partial charge in [-0.3, -0.25) is 0 Å². The smallest absolute Gasteiger partial charge is 0.342 e. The second kappa shape index (κ2) is 5.14. The predicted octanol–water partition coefficient (Wildman–Crippen LogP) is 2.58. The lowest BCUT2D eigenvalue weighted by Gasteiger charge is -2.09. The quantitative estimate of drug-likeness (QED) is 0.914. The number of benzene rings is 1. The van der Waals surface area contributed by atoms with E-state index in [1.165, 1.54) is 30.5 Å². The Kier molecular flexibility index (Phi) is 3.39. The van der Waals surface area contributed by atoms with E-state index >= 15 is 0 Å². The van der Waals surface area contributed by atoms with Crippen LogP contribution in [-0.2, 0) is 0 Å². The van der Waals surface area contributed by atoms with Crippen molar-refractivity contribution in [2.45, 2.75) is 0 Å². The molecule has 1 heterocycles. The summed E-state index contributed by atoms with van der Waals surface area (Å²) in [5.74, 6) is -2.65. The summed E-state index contributed by atoms with van der Waals surface area (Å²) in [7, 11) is 0. The summed E-state index contributed by atoms with van der Waals surface area (Å²) in [4.78, 5) is 14.8.